The van der Waals surface area contributed by atoms with Gasteiger partial charge in [-0.15, -0.1) is 0 Å². The summed E-state index contributed by atoms with van der Waals surface area (Å²) in [6, 6.07) is 0. The minimum atomic E-state index is -0.489. The highest BCUT2D eigenvalue weighted by molar-refractivity contribution is 5.97. The van der Waals surface area contributed by atoms with Crippen LogP contribution in [0.25, 0.3) is 0 Å². The number of fused-ring (bicyclic) bond motifs is 5. The number of rotatable bonds is 1. The molecule has 0 bridgehead atoms. The van der Waals surface area contributed by atoms with Gasteiger partial charge in [-0.25, -0.2) is 0 Å². The highest BCUT2D eigenvalue weighted by Crippen LogP contribution is 2.67. The average Bonchev–Trinajstić information content (AvgIpc) is 2.78. The monoisotopic (exact) mass is 330 g/mol. The third-order valence-electron chi connectivity index (χ3n) is 9.16. The van der Waals surface area contributed by atoms with E-state index in [1.807, 2.05) is 0 Å². The molecule has 0 spiro atoms. The van der Waals surface area contributed by atoms with Gasteiger partial charge in [0.15, 0.2) is 5.78 Å². The van der Waals surface area contributed by atoms with Gasteiger partial charge in [0.2, 0.25) is 0 Å². The van der Waals surface area contributed by atoms with Gasteiger partial charge in [-0.2, -0.15) is 0 Å². The van der Waals surface area contributed by atoms with Crippen molar-refractivity contribution in [3.05, 3.63) is 11.1 Å². The van der Waals surface area contributed by atoms with Crippen LogP contribution in [0.1, 0.15) is 85.5 Å². The molecule has 0 unspecified atom stereocenters. The van der Waals surface area contributed by atoms with E-state index >= 15 is 0 Å². The molecule has 24 heavy (non-hydrogen) atoms. The highest BCUT2D eigenvalue weighted by Gasteiger charge is 2.62. The molecule has 0 amide bonds. The summed E-state index contributed by atoms with van der Waals surface area (Å²) in [4.78, 5) is 12.4. The Balaban J connectivity index is 1.73. The van der Waals surface area contributed by atoms with E-state index in [0.29, 0.717) is 11.7 Å². The van der Waals surface area contributed by atoms with E-state index in [0.717, 1.165) is 50.4 Å². The predicted octanol–water partition coefficient (Wildman–Crippen LogP) is 5.05. The van der Waals surface area contributed by atoms with Crippen LogP contribution < -0.4 is 0 Å². The molecule has 3 fully saturated rings. The van der Waals surface area contributed by atoms with Crippen LogP contribution in [-0.2, 0) is 4.79 Å². The second-order valence-corrected chi connectivity index (χ2v) is 9.84. The van der Waals surface area contributed by atoms with E-state index in [4.69, 9.17) is 0 Å². The summed E-state index contributed by atoms with van der Waals surface area (Å²) >= 11 is 0. The number of ketones is 1. The first-order valence-corrected chi connectivity index (χ1v) is 10.2. The number of Topliss-reactive ketones (excluding diaryl/α,β-unsaturated/α-hetero) is 1. The minimum absolute atomic E-state index is 0.101. The van der Waals surface area contributed by atoms with Gasteiger partial charge >= 0.3 is 0 Å². The Morgan fingerprint density at radius 1 is 1.00 bits per heavy atom. The molecular formula is C22H34O2. The first-order chi connectivity index (χ1) is 11.2. The van der Waals surface area contributed by atoms with Crippen LogP contribution in [-0.4, -0.2) is 16.5 Å². The fourth-order valence-corrected chi connectivity index (χ4v) is 7.48. The van der Waals surface area contributed by atoms with Crippen LogP contribution in [0.3, 0.4) is 0 Å². The fraction of sp³-hybridized carbons (Fsp3) is 0.864. The predicted molar refractivity (Wildman–Crippen MR) is 96.6 cm³/mol. The molecule has 0 aromatic heterocycles. The summed E-state index contributed by atoms with van der Waals surface area (Å²) in [7, 11) is 0. The van der Waals surface area contributed by atoms with Crippen molar-refractivity contribution in [2.24, 2.45) is 28.6 Å². The van der Waals surface area contributed by atoms with Crippen molar-refractivity contribution in [2.75, 3.05) is 0 Å². The Morgan fingerprint density at radius 2 is 1.71 bits per heavy atom. The molecule has 134 valence electrons. The summed E-state index contributed by atoms with van der Waals surface area (Å²) in [6.07, 6.45) is 9.65. The number of allylic oxidation sites excluding steroid dienone is 1. The molecule has 4 aliphatic rings. The number of hydrogen-bond acceptors (Lipinski definition) is 2. The number of carbonyl (C=O) groups excluding carboxylic acids is 1. The maximum atomic E-state index is 12.4. The lowest BCUT2D eigenvalue weighted by molar-refractivity contribution is -0.125. The zero-order valence-electron chi connectivity index (χ0n) is 16.0. The van der Waals surface area contributed by atoms with Crippen molar-refractivity contribution in [2.45, 2.75) is 91.1 Å². The molecule has 0 aliphatic heterocycles. The molecule has 4 aliphatic carbocycles. The van der Waals surface area contributed by atoms with E-state index in [2.05, 4.69) is 27.7 Å². The van der Waals surface area contributed by atoms with Crippen molar-refractivity contribution in [1.29, 1.82) is 0 Å². The van der Waals surface area contributed by atoms with Crippen molar-refractivity contribution >= 4 is 5.78 Å². The number of carbonyl (C=O) groups is 1. The molecule has 0 radical (unpaired) electrons. The Kier molecular flexibility index (Phi) is 3.64. The maximum Gasteiger partial charge on any atom is 0.158 e. The molecule has 0 heterocycles. The largest absolute Gasteiger partial charge is 0.390 e. The number of hydrogen-bond donors (Lipinski definition) is 1. The van der Waals surface area contributed by atoms with Crippen LogP contribution in [0.2, 0.25) is 0 Å². The van der Waals surface area contributed by atoms with Crippen molar-refractivity contribution in [3.8, 4) is 0 Å². The fourth-order valence-electron chi connectivity index (χ4n) is 7.48. The first kappa shape index (κ1) is 16.8. The summed E-state index contributed by atoms with van der Waals surface area (Å²) < 4.78 is 0. The summed E-state index contributed by atoms with van der Waals surface area (Å²) in [5.74, 6) is 2.57. The Hall–Kier alpha value is -0.630. The third kappa shape index (κ3) is 1.95. The Bertz CT molecular complexity index is 601. The molecule has 6 atom stereocenters. The number of aliphatic hydroxyl groups is 1. The molecule has 0 aromatic carbocycles. The lowest BCUT2D eigenvalue weighted by Gasteiger charge is -2.59. The summed E-state index contributed by atoms with van der Waals surface area (Å²) in [5, 5.41) is 11.0. The van der Waals surface area contributed by atoms with E-state index in [1.165, 1.54) is 30.4 Å². The van der Waals surface area contributed by atoms with Crippen LogP contribution in [0.4, 0.5) is 0 Å². The highest BCUT2D eigenvalue weighted by atomic mass is 16.3. The van der Waals surface area contributed by atoms with Gasteiger partial charge in [-0.05, 0) is 92.4 Å². The molecule has 4 rings (SSSR count). The van der Waals surface area contributed by atoms with Crippen LogP contribution in [0, 0.1) is 28.6 Å². The van der Waals surface area contributed by atoms with Gasteiger partial charge in [-0.1, -0.05) is 26.3 Å². The van der Waals surface area contributed by atoms with Crippen molar-refractivity contribution < 1.29 is 9.90 Å². The zero-order valence-corrected chi connectivity index (χ0v) is 16.0. The van der Waals surface area contributed by atoms with Gasteiger partial charge in [0.25, 0.3) is 0 Å². The van der Waals surface area contributed by atoms with Gasteiger partial charge in [-0.3, -0.25) is 4.79 Å². The standard InChI is InChI=1S/C22H34O2/c1-5-14-16-7-6-15-17(20(16,2)11-10-19(14)23)8-12-21(3)18(15)9-13-22(21,4)24/h15,17-18,24H,5-13H2,1-4H3/t15-,17+,18+,20+,21+,22+/m1/s1. The SMILES string of the molecule is CCC1=C2CC[C@@H]3[C@H](CC[C@@]4(C)[C@H]3CC[C@]4(C)O)[C@@]2(C)CCC1=O. The van der Waals surface area contributed by atoms with Crippen LogP contribution in [0.5, 0.6) is 0 Å². The second-order valence-electron chi connectivity index (χ2n) is 9.84. The van der Waals surface area contributed by atoms with E-state index < -0.39 is 5.60 Å². The Morgan fingerprint density at radius 3 is 2.42 bits per heavy atom. The average molecular weight is 331 g/mol. The normalized spacial score (nSPS) is 51.2. The quantitative estimate of drug-likeness (QED) is 0.730. The molecule has 0 aromatic rings. The Labute approximate surface area is 147 Å². The molecular weight excluding hydrogens is 296 g/mol. The van der Waals surface area contributed by atoms with Gasteiger partial charge in [0.05, 0.1) is 5.60 Å². The zero-order chi connectivity index (χ0) is 17.3. The topological polar surface area (TPSA) is 37.3 Å². The van der Waals surface area contributed by atoms with Crippen LogP contribution >= 0.6 is 0 Å². The molecule has 2 nitrogen and oxygen atoms in total. The summed E-state index contributed by atoms with van der Waals surface area (Å²) in [5.41, 5.74) is 2.56. The third-order valence-corrected chi connectivity index (χ3v) is 9.16. The van der Waals surface area contributed by atoms with E-state index in [9.17, 15) is 9.90 Å². The van der Waals surface area contributed by atoms with E-state index in [1.54, 1.807) is 0 Å². The van der Waals surface area contributed by atoms with Crippen molar-refractivity contribution in [3.63, 3.8) is 0 Å². The lowest BCUT2D eigenvalue weighted by atomic mass is 9.46. The second kappa shape index (κ2) is 5.19. The van der Waals surface area contributed by atoms with Gasteiger partial charge < -0.3 is 5.11 Å². The van der Waals surface area contributed by atoms with Gasteiger partial charge in [0.1, 0.15) is 0 Å². The first-order valence-electron chi connectivity index (χ1n) is 10.2. The van der Waals surface area contributed by atoms with Crippen LogP contribution in [0.15, 0.2) is 11.1 Å². The molecule has 3 saturated carbocycles. The van der Waals surface area contributed by atoms with Crippen molar-refractivity contribution in [1.82, 2.24) is 0 Å². The molecule has 1 N–H and O–H groups in total. The smallest absolute Gasteiger partial charge is 0.158 e. The molecule has 2 heteroatoms. The minimum Gasteiger partial charge on any atom is -0.390 e. The molecule has 0 saturated heterocycles. The lowest BCUT2D eigenvalue weighted by Crippen LogP contribution is -2.54. The van der Waals surface area contributed by atoms with E-state index in [-0.39, 0.29) is 10.8 Å². The van der Waals surface area contributed by atoms with Gasteiger partial charge in [0, 0.05) is 6.42 Å². The summed E-state index contributed by atoms with van der Waals surface area (Å²) in [6.45, 7) is 9.06. The maximum absolute atomic E-state index is 12.4.